The first kappa shape index (κ1) is 14.7. The molecular formula is C11H18ClN3O. The zero-order valence-corrected chi connectivity index (χ0v) is 10.4. The maximum atomic E-state index is 11.5. The lowest BCUT2D eigenvalue weighted by atomic mass is 10.1. The van der Waals surface area contributed by atoms with Gasteiger partial charge in [-0.1, -0.05) is 19.9 Å². The number of anilines is 1. The van der Waals surface area contributed by atoms with Crippen LogP contribution in [0.1, 0.15) is 30.8 Å². The van der Waals surface area contributed by atoms with Gasteiger partial charge >= 0.3 is 0 Å². The predicted molar refractivity (Wildman–Crippen MR) is 67.7 cm³/mol. The highest BCUT2D eigenvalue weighted by Crippen LogP contribution is 2.01. The average molecular weight is 244 g/mol. The zero-order chi connectivity index (χ0) is 11.3. The number of aromatic nitrogens is 1. The van der Waals surface area contributed by atoms with Gasteiger partial charge in [0.15, 0.2) is 0 Å². The van der Waals surface area contributed by atoms with E-state index in [4.69, 9.17) is 5.73 Å². The molecule has 0 bridgehead atoms. The highest BCUT2D eigenvalue weighted by atomic mass is 35.5. The van der Waals surface area contributed by atoms with E-state index in [0.29, 0.717) is 24.0 Å². The molecule has 0 aliphatic carbocycles. The topological polar surface area (TPSA) is 68.0 Å². The van der Waals surface area contributed by atoms with Crippen LogP contribution in [0.5, 0.6) is 0 Å². The van der Waals surface area contributed by atoms with Gasteiger partial charge in [-0.25, -0.2) is 4.98 Å². The first-order valence-corrected chi connectivity index (χ1v) is 5.10. The standard InChI is InChI=1S/C11H17N3O.ClH/c1-8(2)6-7-13-11(15)9-4-3-5-10(12)14-9;/h3-5,8H,6-7H2,1-2H3,(H2,12,14)(H,13,15);1H. The van der Waals surface area contributed by atoms with E-state index < -0.39 is 0 Å². The fraction of sp³-hybridized carbons (Fsp3) is 0.455. The Bertz CT molecular complexity index is 342. The fourth-order valence-electron chi connectivity index (χ4n) is 1.14. The zero-order valence-electron chi connectivity index (χ0n) is 9.56. The molecule has 0 spiro atoms. The molecule has 0 saturated carbocycles. The van der Waals surface area contributed by atoms with E-state index >= 15 is 0 Å². The number of carbonyl (C=O) groups excluding carboxylic acids is 1. The lowest BCUT2D eigenvalue weighted by molar-refractivity contribution is 0.0947. The molecule has 4 nitrogen and oxygen atoms in total. The third-order valence-corrected chi connectivity index (χ3v) is 2.01. The second kappa shape index (κ2) is 7.06. The molecule has 90 valence electrons. The molecule has 1 aromatic heterocycles. The molecule has 0 radical (unpaired) electrons. The number of nitrogen functional groups attached to an aromatic ring is 1. The number of carbonyl (C=O) groups is 1. The summed E-state index contributed by atoms with van der Waals surface area (Å²) < 4.78 is 0. The number of nitrogens with two attached hydrogens (primary N) is 1. The van der Waals surface area contributed by atoms with Crippen LogP contribution in [0.2, 0.25) is 0 Å². The number of rotatable bonds is 4. The van der Waals surface area contributed by atoms with Crippen LogP contribution in [0.4, 0.5) is 5.82 Å². The van der Waals surface area contributed by atoms with Crippen molar-refractivity contribution in [1.29, 1.82) is 0 Å². The van der Waals surface area contributed by atoms with Gasteiger partial charge in [0, 0.05) is 6.54 Å². The smallest absolute Gasteiger partial charge is 0.269 e. The van der Waals surface area contributed by atoms with E-state index in [9.17, 15) is 4.79 Å². The summed E-state index contributed by atoms with van der Waals surface area (Å²) in [5.74, 6) is 0.786. The van der Waals surface area contributed by atoms with E-state index in [1.54, 1.807) is 18.2 Å². The van der Waals surface area contributed by atoms with Crippen LogP contribution in [0, 0.1) is 5.92 Å². The number of hydrogen-bond acceptors (Lipinski definition) is 3. The van der Waals surface area contributed by atoms with Crippen LogP contribution in [0.15, 0.2) is 18.2 Å². The molecule has 0 fully saturated rings. The number of hydrogen-bond donors (Lipinski definition) is 2. The minimum absolute atomic E-state index is 0. The number of halogens is 1. The van der Waals surface area contributed by atoms with Crippen molar-refractivity contribution in [2.24, 2.45) is 5.92 Å². The van der Waals surface area contributed by atoms with E-state index in [2.05, 4.69) is 24.1 Å². The largest absolute Gasteiger partial charge is 0.384 e. The Morgan fingerprint density at radius 2 is 2.19 bits per heavy atom. The van der Waals surface area contributed by atoms with E-state index in [0.717, 1.165) is 6.42 Å². The maximum Gasteiger partial charge on any atom is 0.269 e. The van der Waals surface area contributed by atoms with E-state index in [1.165, 1.54) is 0 Å². The summed E-state index contributed by atoms with van der Waals surface area (Å²) in [7, 11) is 0. The first-order chi connectivity index (χ1) is 7.09. The van der Waals surface area contributed by atoms with Gasteiger partial charge < -0.3 is 11.1 Å². The number of amides is 1. The fourth-order valence-corrected chi connectivity index (χ4v) is 1.14. The molecule has 3 N–H and O–H groups in total. The van der Waals surface area contributed by atoms with E-state index in [1.807, 2.05) is 0 Å². The SMILES string of the molecule is CC(C)CCNC(=O)c1cccc(N)n1.Cl. The van der Waals surface area contributed by atoms with Crippen LogP contribution in [0.25, 0.3) is 0 Å². The minimum Gasteiger partial charge on any atom is -0.384 e. The summed E-state index contributed by atoms with van der Waals surface area (Å²) in [5.41, 5.74) is 5.86. The molecular weight excluding hydrogens is 226 g/mol. The summed E-state index contributed by atoms with van der Waals surface area (Å²) in [6.45, 7) is 4.91. The Morgan fingerprint density at radius 3 is 2.75 bits per heavy atom. The number of nitrogens with one attached hydrogen (secondary N) is 1. The summed E-state index contributed by atoms with van der Waals surface area (Å²) in [6.07, 6.45) is 0.966. The van der Waals surface area contributed by atoms with Crippen molar-refractivity contribution in [3.63, 3.8) is 0 Å². The Hall–Kier alpha value is -1.29. The Balaban J connectivity index is 0.00000225. The summed E-state index contributed by atoms with van der Waals surface area (Å²) >= 11 is 0. The first-order valence-electron chi connectivity index (χ1n) is 5.10. The summed E-state index contributed by atoms with van der Waals surface area (Å²) in [4.78, 5) is 15.5. The molecule has 0 saturated heterocycles. The molecule has 0 unspecified atom stereocenters. The van der Waals surface area contributed by atoms with Gasteiger partial charge in [0.05, 0.1) is 0 Å². The average Bonchev–Trinajstić information content (AvgIpc) is 2.17. The summed E-state index contributed by atoms with van der Waals surface area (Å²) in [6, 6.07) is 5.03. The van der Waals surface area contributed by atoms with Crippen molar-refractivity contribution in [3.05, 3.63) is 23.9 Å². The van der Waals surface area contributed by atoms with Gasteiger partial charge in [0.25, 0.3) is 5.91 Å². The normalized spacial score (nSPS) is 9.69. The minimum atomic E-state index is -0.164. The molecule has 16 heavy (non-hydrogen) atoms. The molecule has 0 aromatic carbocycles. The molecule has 1 heterocycles. The van der Waals surface area contributed by atoms with Crippen molar-refractivity contribution >= 4 is 24.1 Å². The third-order valence-electron chi connectivity index (χ3n) is 2.01. The summed E-state index contributed by atoms with van der Waals surface area (Å²) in [5, 5.41) is 2.80. The van der Waals surface area contributed by atoms with E-state index in [-0.39, 0.29) is 18.3 Å². The quantitative estimate of drug-likeness (QED) is 0.848. The van der Waals surface area contributed by atoms with Crippen LogP contribution < -0.4 is 11.1 Å². The lowest BCUT2D eigenvalue weighted by Gasteiger charge is -2.06. The predicted octanol–water partition coefficient (Wildman–Crippen LogP) is 1.86. The highest BCUT2D eigenvalue weighted by molar-refractivity contribution is 5.92. The maximum absolute atomic E-state index is 11.5. The van der Waals surface area contributed by atoms with Crippen molar-refractivity contribution in [2.45, 2.75) is 20.3 Å². The van der Waals surface area contributed by atoms with Gasteiger partial charge in [0.1, 0.15) is 11.5 Å². The highest BCUT2D eigenvalue weighted by Gasteiger charge is 2.06. The molecule has 1 rings (SSSR count). The second-order valence-corrected chi connectivity index (χ2v) is 3.89. The van der Waals surface area contributed by atoms with Crippen molar-refractivity contribution in [2.75, 3.05) is 12.3 Å². The lowest BCUT2D eigenvalue weighted by Crippen LogP contribution is -2.26. The molecule has 5 heteroatoms. The van der Waals surface area contributed by atoms with Crippen LogP contribution >= 0.6 is 12.4 Å². The number of pyridine rings is 1. The van der Waals surface area contributed by atoms with Gasteiger partial charge in [-0.05, 0) is 24.5 Å². The van der Waals surface area contributed by atoms with Crippen molar-refractivity contribution < 1.29 is 4.79 Å². The third kappa shape index (κ3) is 4.98. The molecule has 0 aliphatic rings. The Morgan fingerprint density at radius 1 is 1.50 bits per heavy atom. The Labute approximate surface area is 102 Å². The van der Waals surface area contributed by atoms with Crippen LogP contribution in [-0.4, -0.2) is 17.4 Å². The monoisotopic (exact) mass is 243 g/mol. The van der Waals surface area contributed by atoms with Gasteiger partial charge in [-0.3, -0.25) is 4.79 Å². The molecule has 1 aromatic rings. The van der Waals surface area contributed by atoms with Crippen LogP contribution in [0.3, 0.4) is 0 Å². The molecule has 1 amide bonds. The van der Waals surface area contributed by atoms with Crippen molar-refractivity contribution in [3.8, 4) is 0 Å². The van der Waals surface area contributed by atoms with Crippen molar-refractivity contribution in [1.82, 2.24) is 10.3 Å². The number of nitrogens with zero attached hydrogens (tertiary/aromatic N) is 1. The van der Waals surface area contributed by atoms with Gasteiger partial charge in [-0.2, -0.15) is 0 Å². The Kier molecular flexibility index (Phi) is 6.49. The second-order valence-electron chi connectivity index (χ2n) is 3.89. The van der Waals surface area contributed by atoms with Gasteiger partial charge in [-0.15, -0.1) is 12.4 Å². The van der Waals surface area contributed by atoms with Crippen LogP contribution in [-0.2, 0) is 0 Å². The van der Waals surface area contributed by atoms with Gasteiger partial charge in [0.2, 0.25) is 0 Å². The molecule has 0 aliphatic heterocycles. The molecule has 0 atom stereocenters.